The zero-order valence-electron chi connectivity index (χ0n) is 6.46. The van der Waals surface area contributed by atoms with Crippen molar-refractivity contribution in [1.29, 1.82) is 0 Å². The largest absolute Gasteiger partial charge is 0.508 e. The van der Waals surface area contributed by atoms with E-state index < -0.39 is 0 Å². The molecule has 0 amide bonds. The minimum Gasteiger partial charge on any atom is -0.508 e. The van der Waals surface area contributed by atoms with E-state index in [1.54, 1.807) is 12.1 Å². The Hall–Kier alpha value is -1.15. The van der Waals surface area contributed by atoms with Gasteiger partial charge in [0, 0.05) is 6.07 Å². The smallest absolute Gasteiger partial charge is 0.142 e. The van der Waals surface area contributed by atoms with Crippen LogP contribution in [0.1, 0.15) is 0 Å². The number of ether oxygens (including phenoxy) is 1. The summed E-state index contributed by atoms with van der Waals surface area (Å²) in [6.45, 7) is 3.88. The molecular weight excluding hydrogens is 176 g/mol. The number of aromatic hydroxyl groups is 1. The summed E-state index contributed by atoms with van der Waals surface area (Å²) in [5, 5.41) is 9.55. The van der Waals surface area contributed by atoms with Crippen molar-refractivity contribution in [2.24, 2.45) is 0 Å². The lowest BCUT2D eigenvalue weighted by molar-refractivity contribution is 0.360. The number of benzene rings is 1. The fourth-order valence-corrected chi connectivity index (χ4v) is 0.923. The van der Waals surface area contributed by atoms with Gasteiger partial charge in [-0.05, 0) is 12.1 Å². The molecule has 0 aliphatic carbocycles. The van der Waals surface area contributed by atoms with Crippen molar-refractivity contribution in [3.05, 3.63) is 35.9 Å². The third-order valence-electron chi connectivity index (χ3n) is 1.27. The van der Waals surface area contributed by atoms with E-state index in [1.807, 2.05) is 0 Å². The fourth-order valence-electron chi connectivity index (χ4n) is 0.751. The van der Waals surface area contributed by atoms with Gasteiger partial charge in [-0.1, -0.05) is 24.3 Å². The predicted molar refractivity (Wildman–Crippen MR) is 48.8 cm³/mol. The van der Waals surface area contributed by atoms with Crippen LogP contribution in [-0.2, 0) is 0 Å². The van der Waals surface area contributed by atoms with Crippen molar-refractivity contribution >= 4 is 11.6 Å². The van der Waals surface area contributed by atoms with Crippen LogP contribution in [0.25, 0.3) is 0 Å². The van der Waals surface area contributed by atoms with Crippen molar-refractivity contribution in [2.45, 2.75) is 0 Å². The average Bonchev–Trinajstić information content (AvgIpc) is 2.07. The Morgan fingerprint density at radius 2 is 2.33 bits per heavy atom. The van der Waals surface area contributed by atoms with E-state index in [0.717, 1.165) is 0 Å². The van der Waals surface area contributed by atoms with Gasteiger partial charge in [0.15, 0.2) is 0 Å². The lowest BCUT2D eigenvalue weighted by Crippen LogP contribution is -1.92. The molecule has 0 unspecified atom stereocenters. The SMILES string of the molecule is C=CCOc1cc(O)ccc1Cl. The molecule has 12 heavy (non-hydrogen) atoms. The molecule has 0 bridgehead atoms. The van der Waals surface area contributed by atoms with Crippen molar-refractivity contribution in [2.75, 3.05) is 6.61 Å². The zero-order valence-corrected chi connectivity index (χ0v) is 7.21. The van der Waals surface area contributed by atoms with Crippen LogP contribution >= 0.6 is 11.6 Å². The van der Waals surface area contributed by atoms with Crippen LogP contribution in [0.2, 0.25) is 5.02 Å². The van der Waals surface area contributed by atoms with E-state index in [4.69, 9.17) is 21.4 Å². The van der Waals surface area contributed by atoms with Crippen LogP contribution in [-0.4, -0.2) is 11.7 Å². The Morgan fingerprint density at radius 1 is 1.58 bits per heavy atom. The quantitative estimate of drug-likeness (QED) is 0.732. The molecule has 0 radical (unpaired) electrons. The lowest BCUT2D eigenvalue weighted by Gasteiger charge is -2.04. The van der Waals surface area contributed by atoms with Gasteiger partial charge in [-0.3, -0.25) is 0 Å². The molecule has 0 spiro atoms. The van der Waals surface area contributed by atoms with Gasteiger partial charge in [-0.2, -0.15) is 0 Å². The van der Waals surface area contributed by atoms with Gasteiger partial charge >= 0.3 is 0 Å². The van der Waals surface area contributed by atoms with Crippen LogP contribution in [0.15, 0.2) is 30.9 Å². The molecule has 0 saturated carbocycles. The van der Waals surface area contributed by atoms with E-state index >= 15 is 0 Å². The first-order valence-corrected chi connectivity index (χ1v) is 3.84. The van der Waals surface area contributed by atoms with Gasteiger partial charge in [0.2, 0.25) is 0 Å². The first-order valence-electron chi connectivity index (χ1n) is 3.46. The molecule has 1 aromatic rings. The Bertz CT molecular complexity index is 284. The number of phenolic OH excluding ortho intramolecular Hbond substituents is 1. The van der Waals surface area contributed by atoms with Crippen LogP contribution in [0, 0.1) is 0 Å². The highest BCUT2D eigenvalue weighted by Crippen LogP contribution is 2.28. The minimum atomic E-state index is 0.137. The van der Waals surface area contributed by atoms with Gasteiger partial charge in [0.1, 0.15) is 18.1 Å². The number of rotatable bonds is 3. The summed E-state index contributed by atoms with van der Waals surface area (Å²) in [5.74, 6) is 0.607. The van der Waals surface area contributed by atoms with Crippen LogP contribution in [0.5, 0.6) is 11.5 Å². The molecule has 0 aliphatic rings. The summed E-state index contributed by atoms with van der Waals surface area (Å²) in [7, 11) is 0. The number of halogens is 1. The molecule has 1 rings (SSSR count). The van der Waals surface area contributed by atoms with Gasteiger partial charge < -0.3 is 9.84 Å². The Balaban J connectivity index is 2.82. The van der Waals surface area contributed by atoms with E-state index in [2.05, 4.69) is 6.58 Å². The molecule has 2 nitrogen and oxygen atoms in total. The van der Waals surface area contributed by atoms with Crippen molar-refractivity contribution < 1.29 is 9.84 Å². The topological polar surface area (TPSA) is 29.5 Å². The summed E-state index contributed by atoms with van der Waals surface area (Å²) in [4.78, 5) is 0. The van der Waals surface area contributed by atoms with E-state index in [1.165, 1.54) is 12.1 Å². The summed E-state index contributed by atoms with van der Waals surface area (Å²) >= 11 is 5.76. The maximum Gasteiger partial charge on any atom is 0.142 e. The summed E-state index contributed by atoms with van der Waals surface area (Å²) in [6, 6.07) is 4.55. The highest BCUT2D eigenvalue weighted by molar-refractivity contribution is 6.32. The molecule has 0 aliphatic heterocycles. The maximum atomic E-state index is 9.07. The van der Waals surface area contributed by atoms with E-state index in [0.29, 0.717) is 17.4 Å². The maximum absolute atomic E-state index is 9.07. The summed E-state index contributed by atoms with van der Waals surface area (Å²) < 4.78 is 5.16. The van der Waals surface area contributed by atoms with Crippen LogP contribution in [0.3, 0.4) is 0 Å². The van der Waals surface area contributed by atoms with Crippen molar-refractivity contribution in [3.63, 3.8) is 0 Å². The molecule has 0 saturated heterocycles. The first kappa shape index (κ1) is 8.94. The fraction of sp³-hybridized carbons (Fsp3) is 0.111. The van der Waals surface area contributed by atoms with Gasteiger partial charge in [0.05, 0.1) is 5.02 Å². The Morgan fingerprint density at radius 3 is 3.00 bits per heavy atom. The normalized spacial score (nSPS) is 9.42. The summed E-state index contributed by atoms with van der Waals surface area (Å²) in [5.41, 5.74) is 0. The third kappa shape index (κ3) is 2.17. The van der Waals surface area contributed by atoms with Gasteiger partial charge in [0.25, 0.3) is 0 Å². The second-order valence-corrected chi connectivity index (χ2v) is 2.62. The lowest BCUT2D eigenvalue weighted by atomic mass is 10.3. The monoisotopic (exact) mass is 184 g/mol. The molecular formula is C9H9ClO2. The number of phenols is 1. The minimum absolute atomic E-state index is 0.137. The Labute approximate surface area is 76.0 Å². The number of hydrogen-bond donors (Lipinski definition) is 1. The molecule has 0 fully saturated rings. The molecule has 1 N–H and O–H groups in total. The van der Waals surface area contributed by atoms with Gasteiger partial charge in [-0.25, -0.2) is 0 Å². The summed E-state index contributed by atoms with van der Waals surface area (Å²) in [6.07, 6.45) is 1.61. The molecule has 64 valence electrons. The van der Waals surface area contributed by atoms with Gasteiger partial charge in [-0.15, -0.1) is 0 Å². The predicted octanol–water partition coefficient (Wildman–Crippen LogP) is 2.61. The van der Waals surface area contributed by atoms with Crippen molar-refractivity contribution in [3.8, 4) is 11.5 Å². The van der Waals surface area contributed by atoms with Crippen molar-refractivity contribution in [1.82, 2.24) is 0 Å². The molecule has 3 heteroatoms. The van der Waals surface area contributed by atoms with E-state index in [-0.39, 0.29) is 5.75 Å². The molecule has 1 aromatic carbocycles. The standard InChI is InChI=1S/C9H9ClO2/c1-2-5-12-9-6-7(11)3-4-8(9)10/h2-4,6,11H,1,5H2. The highest BCUT2D eigenvalue weighted by atomic mass is 35.5. The van der Waals surface area contributed by atoms with Crippen LogP contribution in [0.4, 0.5) is 0 Å². The zero-order chi connectivity index (χ0) is 8.97. The molecule has 0 aromatic heterocycles. The average molecular weight is 185 g/mol. The second kappa shape index (κ2) is 4.02. The van der Waals surface area contributed by atoms with Crippen LogP contribution < -0.4 is 4.74 Å². The molecule has 0 atom stereocenters. The Kier molecular flexibility index (Phi) is 3.00. The first-order chi connectivity index (χ1) is 5.74. The molecule has 0 heterocycles. The second-order valence-electron chi connectivity index (χ2n) is 2.21. The highest BCUT2D eigenvalue weighted by Gasteiger charge is 2.00. The third-order valence-corrected chi connectivity index (χ3v) is 1.58. The van der Waals surface area contributed by atoms with E-state index in [9.17, 15) is 0 Å². The number of hydrogen-bond acceptors (Lipinski definition) is 2.